The molecule has 0 saturated carbocycles. The number of alkyl halides is 3. The van der Waals surface area contributed by atoms with Gasteiger partial charge >= 0.3 is 6.18 Å². The third-order valence-electron chi connectivity index (χ3n) is 3.49. The second-order valence-electron chi connectivity index (χ2n) is 5.50. The van der Waals surface area contributed by atoms with Crippen LogP contribution >= 0.6 is 0 Å². The van der Waals surface area contributed by atoms with Crippen LogP contribution in [0.4, 0.5) is 24.5 Å². The zero-order valence-electron chi connectivity index (χ0n) is 15.0. The summed E-state index contributed by atoms with van der Waals surface area (Å²) in [6.07, 6.45) is -4.39. The third-order valence-corrected chi connectivity index (χ3v) is 3.49. The summed E-state index contributed by atoms with van der Waals surface area (Å²) >= 11 is 0. The molecular formula is C19H21F3N2O3. The molecule has 0 heterocycles. The molecule has 27 heavy (non-hydrogen) atoms. The van der Waals surface area contributed by atoms with Crippen molar-refractivity contribution >= 4 is 17.3 Å². The number of rotatable bonds is 8. The van der Waals surface area contributed by atoms with Crippen LogP contribution in [-0.2, 0) is 11.0 Å². The molecule has 0 spiro atoms. The number of carbonyl (C=O) groups excluding carboxylic acids is 1. The minimum absolute atomic E-state index is 0.0947. The molecule has 1 amide bonds. The van der Waals surface area contributed by atoms with Gasteiger partial charge in [-0.25, -0.2) is 0 Å². The van der Waals surface area contributed by atoms with Crippen molar-refractivity contribution in [3.63, 3.8) is 0 Å². The predicted octanol–water partition coefficient (Wildman–Crippen LogP) is 4.55. The molecule has 0 aliphatic heterocycles. The molecule has 146 valence electrons. The maximum Gasteiger partial charge on any atom is 0.416 e. The zero-order valence-corrected chi connectivity index (χ0v) is 15.0. The Balaban J connectivity index is 1.94. The zero-order chi connectivity index (χ0) is 19.9. The molecule has 0 fully saturated rings. The van der Waals surface area contributed by atoms with Crippen LogP contribution in [0.5, 0.6) is 11.5 Å². The Morgan fingerprint density at radius 2 is 1.52 bits per heavy atom. The van der Waals surface area contributed by atoms with Gasteiger partial charge < -0.3 is 20.1 Å². The minimum Gasteiger partial charge on any atom is -0.490 e. The van der Waals surface area contributed by atoms with E-state index in [9.17, 15) is 18.0 Å². The monoisotopic (exact) mass is 382 g/mol. The summed E-state index contributed by atoms with van der Waals surface area (Å²) in [7, 11) is 0. The van der Waals surface area contributed by atoms with E-state index in [0.29, 0.717) is 36.1 Å². The number of anilines is 2. The standard InChI is InChI=1S/C19H21F3N2O3/c1-3-26-16-10-9-15(11-17(16)27-4-2)24-18(25)12-23-14-7-5-13(6-8-14)19(20,21)22/h5-11,23H,3-4,12H2,1-2H3,(H,24,25). The van der Waals surface area contributed by atoms with E-state index in [1.165, 1.54) is 12.1 Å². The van der Waals surface area contributed by atoms with Crippen molar-refractivity contribution in [1.82, 2.24) is 0 Å². The number of carbonyl (C=O) groups is 1. The van der Waals surface area contributed by atoms with Crippen LogP contribution < -0.4 is 20.1 Å². The minimum atomic E-state index is -4.39. The fraction of sp³-hybridized carbons (Fsp3) is 0.316. The van der Waals surface area contributed by atoms with E-state index in [4.69, 9.17) is 9.47 Å². The number of hydrogen-bond donors (Lipinski definition) is 2. The largest absolute Gasteiger partial charge is 0.490 e. The van der Waals surface area contributed by atoms with Gasteiger partial charge in [0.15, 0.2) is 11.5 Å². The van der Waals surface area contributed by atoms with E-state index in [1.807, 2.05) is 13.8 Å². The molecule has 0 aliphatic rings. The van der Waals surface area contributed by atoms with Crippen molar-refractivity contribution in [2.45, 2.75) is 20.0 Å². The first-order valence-corrected chi connectivity index (χ1v) is 8.44. The summed E-state index contributed by atoms with van der Waals surface area (Å²) in [6.45, 7) is 4.55. The van der Waals surface area contributed by atoms with E-state index in [2.05, 4.69) is 10.6 Å². The molecule has 8 heteroatoms. The molecule has 0 unspecified atom stereocenters. The summed E-state index contributed by atoms with van der Waals surface area (Å²) in [5.41, 5.74) is 0.205. The molecule has 0 aliphatic carbocycles. The first-order chi connectivity index (χ1) is 12.8. The fourth-order valence-electron chi connectivity index (χ4n) is 2.29. The van der Waals surface area contributed by atoms with E-state index in [-0.39, 0.29) is 12.5 Å². The SMILES string of the molecule is CCOc1ccc(NC(=O)CNc2ccc(C(F)(F)F)cc2)cc1OCC. The number of hydrogen-bond acceptors (Lipinski definition) is 4. The molecule has 0 aromatic heterocycles. The summed E-state index contributed by atoms with van der Waals surface area (Å²) in [4.78, 5) is 12.1. The smallest absolute Gasteiger partial charge is 0.416 e. The lowest BCUT2D eigenvalue weighted by atomic mass is 10.2. The Kier molecular flexibility index (Phi) is 6.92. The van der Waals surface area contributed by atoms with Crippen molar-refractivity contribution in [1.29, 1.82) is 0 Å². The molecule has 2 aromatic carbocycles. The van der Waals surface area contributed by atoms with Gasteiger partial charge in [0.05, 0.1) is 25.3 Å². The average molecular weight is 382 g/mol. The normalized spacial score (nSPS) is 11.0. The van der Waals surface area contributed by atoms with Crippen LogP contribution in [0.3, 0.4) is 0 Å². The van der Waals surface area contributed by atoms with Crippen molar-refractivity contribution in [3.05, 3.63) is 48.0 Å². The summed E-state index contributed by atoms with van der Waals surface area (Å²) in [6, 6.07) is 9.52. The Bertz CT molecular complexity index is 762. The lowest BCUT2D eigenvalue weighted by molar-refractivity contribution is -0.137. The molecular weight excluding hydrogens is 361 g/mol. The maximum atomic E-state index is 12.5. The Hall–Kier alpha value is -2.90. The average Bonchev–Trinajstić information content (AvgIpc) is 2.62. The van der Waals surface area contributed by atoms with Crippen molar-refractivity contribution < 1.29 is 27.4 Å². The van der Waals surface area contributed by atoms with Crippen LogP contribution in [-0.4, -0.2) is 25.7 Å². The molecule has 2 N–H and O–H groups in total. The molecule has 2 aromatic rings. The topological polar surface area (TPSA) is 59.6 Å². The highest BCUT2D eigenvalue weighted by atomic mass is 19.4. The van der Waals surface area contributed by atoms with Gasteiger partial charge in [0.2, 0.25) is 5.91 Å². The lowest BCUT2D eigenvalue weighted by Crippen LogP contribution is -2.21. The van der Waals surface area contributed by atoms with Gasteiger partial charge in [0, 0.05) is 17.4 Å². The van der Waals surface area contributed by atoms with Crippen LogP contribution in [0, 0.1) is 0 Å². The van der Waals surface area contributed by atoms with Gasteiger partial charge in [-0.15, -0.1) is 0 Å². The van der Waals surface area contributed by atoms with Gasteiger partial charge in [0.1, 0.15) is 0 Å². The van der Waals surface area contributed by atoms with Crippen LogP contribution in [0.15, 0.2) is 42.5 Å². The molecule has 2 rings (SSSR count). The molecule has 0 radical (unpaired) electrons. The van der Waals surface area contributed by atoms with Gasteiger partial charge in [-0.05, 0) is 50.2 Å². The Morgan fingerprint density at radius 3 is 2.11 bits per heavy atom. The van der Waals surface area contributed by atoms with Crippen molar-refractivity contribution in [2.24, 2.45) is 0 Å². The molecule has 0 saturated heterocycles. The maximum absolute atomic E-state index is 12.5. The number of ether oxygens (including phenoxy) is 2. The number of nitrogens with one attached hydrogen (secondary N) is 2. The number of benzene rings is 2. The van der Waals surface area contributed by atoms with Crippen LogP contribution in [0.2, 0.25) is 0 Å². The fourth-order valence-corrected chi connectivity index (χ4v) is 2.29. The quantitative estimate of drug-likeness (QED) is 0.703. The third kappa shape index (κ3) is 6.09. The summed E-state index contributed by atoms with van der Waals surface area (Å²) in [5, 5.41) is 5.48. The predicted molar refractivity (Wildman–Crippen MR) is 97.3 cm³/mol. The van der Waals surface area contributed by atoms with Crippen LogP contribution in [0.25, 0.3) is 0 Å². The lowest BCUT2D eigenvalue weighted by Gasteiger charge is -2.13. The van der Waals surface area contributed by atoms with E-state index >= 15 is 0 Å². The van der Waals surface area contributed by atoms with Gasteiger partial charge in [-0.1, -0.05) is 0 Å². The highest BCUT2D eigenvalue weighted by Gasteiger charge is 2.29. The van der Waals surface area contributed by atoms with Gasteiger partial charge in [0.25, 0.3) is 0 Å². The van der Waals surface area contributed by atoms with Crippen molar-refractivity contribution in [3.8, 4) is 11.5 Å². The first kappa shape index (κ1) is 20.4. The van der Waals surface area contributed by atoms with Crippen molar-refractivity contribution in [2.75, 3.05) is 30.4 Å². The first-order valence-electron chi connectivity index (χ1n) is 8.44. The molecule has 0 bridgehead atoms. The highest BCUT2D eigenvalue weighted by molar-refractivity contribution is 5.94. The van der Waals surface area contributed by atoms with Gasteiger partial charge in [-0.2, -0.15) is 13.2 Å². The van der Waals surface area contributed by atoms with E-state index in [1.54, 1.807) is 18.2 Å². The Morgan fingerprint density at radius 1 is 0.926 bits per heavy atom. The highest BCUT2D eigenvalue weighted by Crippen LogP contribution is 2.31. The summed E-state index contributed by atoms with van der Waals surface area (Å²) < 4.78 is 48.6. The van der Waals surface area contributed by atoms with Gasteiger partial charge in [-0.3, -0.25) is 4.79 Å². The number of halogens is 3. The molecule has 0 atom stereocenters. The second-order valence-corrected chi connectivity index (χ2v) is 5.50. The Labute approximate surface area is 155 Å². The second kappa shape index (κ2) is 9.16. The van der Waals surface area contributed by atoms with E-state index < -0.39 is 11.7 Å². The van der Waals surface area contributed by atoms with Crippen LogP contribution in [0.1, 0.15) is 19.4 Å². The number of amides is 1. The molecule has 5 nitrogen and oxygen atoms in total. The van der Waals surface area contributed by atoms with E-state index in [0.717, 1.165) is 12.1 Å². The summed E-state index contributed by atoms with van der Waals surface area (Å²) in [5.74, 6) is 0.759.